The smallest absolute Gasteiger partial charge is 0.412 e. The number of benzene rings is 1. The van der Waals surface area contributed by atoms with Crippen LogP contribution in [-0.2, 0) is 28.1 Å². The average molecular weight is 357 g/mol. The molecule has 2 heterocycles. The number of aliphatic carboxylic acids is 1. The third kappa shape index (κ3) is 3.05. The first-order valence-corrected chi connectivity index (χ1v) is 8.30. The van der Waals surface area contributed by atoms with E-state index in [1.165, 1.54) is 10.8 Å². The van der Waals surface area contributed by atoms with Gasteiger partial charge in [-0.1, -0.05) is 37.3 Å². The van der Waals surface area contributed by atoms with Crippen LogP contribution in [0.4, 0.5) is 10.5 Å². The molecule has 26 heavy (non-hydrogen) atoms. The van der Waals surface area contributed by atoms with E-state index in [-0.39, 0.29) is 18.7 Å². The SMILES string of the molecule is CCC1(C(=O)O)CCc2ncc(NC(=O)OCc3ccccc3)c(=O)n21. The van der Waals surface area contributed by atoms with Crippen molar-refractivity contribution in [1.29, 1.82) is 0 Å². The van der Waals surface area contributed by atoms with E-state index in [4.69, 9.17) is 4.74 Å². The number of anilines is 1. The van der Waals surface area contributed by atoms with Gasteiger partial charge in [0.05, 0.1) is 6.20 Å². The summed E-state index contributed by atoms with van der Waals surface area (Å²) in [5.41, 5.74) is -1.21. The van der Waals surface area contributed by atoms with E-state index in [9.17, 15) is 19.5 Å². The Kier molecular flexibility index (Phi) is 4.75. The summed E-state index contributed by atoms with van der Waals surface area (Å²) in [6, 6.07) is 9.11. The van der Waals surface area contributed by atoms with E-state index in [0.717, 1.165) is 5.56 Å². The van der Waals surface area contributed by atoms with Crippen LogP contribution in [-0.4, -0.2) is 26.7 Å². The fraction of sp³-hybridized carbons (Fsp3) is 0.333. The third-order valence-electron chi connectivity index (χ3n) is 4.66. The maximum absolute atomic E-state index is 12.7. The molecule has 0 saturated carbocycles. The molecule has 2 N–H and O–H groups in total. The fourth-order valence-electron chi connectivity index (χ4n) is 3.18. The lowest BCUT2D eigenvalue weighted by Gasteiger charge is -2.25. The number of hydrogen-bond acceptors (Lipinski definition) is 5. The van der Waals surface area contributed by atoms with Gasteiger partial charge in [-0.2, -0.15) is 0 Å². The molecule has 0 fully saturated rings. The van der Waals surface area contributed by atoms with E-state index in [0.29, 0.717) is 18.7 Å². The molecule has 0 aliphatic carbocycles. The highest BCUT2D eigenvalue weighted by molar-refractivity contribution is 5.84. The van der Waals surface area contributed by atoms with Gasteiger partial charge in [-0.05, 0) is 18.4 Å². The maximum Gasteiger partial charge on any atom is 0.412 e. The molecule has 8 heteroatoms. The summed E-state index contributed by atoms with van der Waals surface area (Å²) >= 11 is 0. The minimum Gasteiger partial charge on any atom is -0.479 e. The molecule has 0 radical (unpaired) electrons. The standard InChI is InChI=1S/C18H19N3O5/c1-2-18(16(23)24)9-8-14-19-10-13(15(22)21(14)18)20-17(25)26-11-12-6-4-3-5-7-12/h3-7,10H,2,8-9,11H2,1H3,(H,20,25)(H,23,24). The lowest BCUT2D eigenvalue weighted by molar-refractivity contribution is -0.147. The van der Waals surface area contributed by atoms with Crippen LogP contribution >= 0.6 is 0 Å². The van der Waals surface area contributed by atoms with Crippen LogP contribution in [0.5, 0.6) is 0 Å². The van der Waals surface area contributed by atoms with Crippen LogP contribution in [0.15, 0.2) is 41.3 Å². The van der Waals surface area contributed by atoms with Gasteiger partial charge in [0.25, 0.3) is 5.56 Å². The first kappa shape index (κ1) is 17.7. The summed E-state index contributed by atoms with van der Waals surface area (Å²) in [4.78, 5) is 40.6. The van der Waals surface area contributed by atoms with Gasteiger partial charge in [0.15, 0.2) is 0 Å². The zero-order valence-corrected chi connectivity index (χ0v) is 14.3. The van der Waals surface area contributed by atoms with Crippen LogP contribution in [0.3, 0.4) is 0 Å². The molecule has 1 unspecified atom stereocenters. The van der Waals surface area contributed by atoms with Crippen molar-refractivity contribution in [3.63, 3.8) is 0 Å². The Labute approximate surface area is 149 Å². The van der Waals surface area contributed by atoms with E-state index >= 15 is 0 Å². The number of carbonyl (C=O) groups is 2. The largest absolute Gasteiger partial charge is 0.479 e. The van der Waals surface area contributed by atoms with Crippen molar-refractivity contribution in [2.24, 2.45) is 0 Å². The van der Waals surface area contributed by atoms with E-state index in [1.54, 1.807) is 6.92 Å². The number of hydrogen-bond donors (Lipinski definition) is 2. The second-order valence-electron chi connectivity index (χ2n) is 6.11. The summed E-state index contributed by atoms with van der Waals surface area (Å²) in [5, 5.41) is 12.0. The van der Waals surface area contributed by atoms with Crippen molar-refractivity contribution in [2.45, 2.75) is 38.3 Å². The number of nitrogens with zero attached hydrogens (tertiary/aromatic N) is 2. The van der Waals surface area contributed by atoms with E-state index in [1.807, 2.05) is 30.3 Å². The number of carboxylic acid groups (broad SMARTS) is 1. The van der Waals surface area contributed by atoms with Gasteiger partial charge in [0.1, 0.15) is 23.7 Å². The van der Waals surface area contributed by atoms with Crippen LogP contribution in [0.1, 0.15) is 31.2 Å². The maximum atomic E-state index is 12.7. The van der Waals surface area contributed by atoms with Crippen molar-refractivity contribution in [3.05, 3.63) is 58.3 Å². The number of aromatic nitrogens is 2. The average Bonchev–Trinajstić information content (AvgIpc) is 3.04. The zero-order chi connectivity index (χ0) is 18.7. The van der Waals surface area contributed by atoms with Crippen molar-refractivity contribution in [1.82, 2.24) is 9.55 Å². The molecule has 2 aromatic rings. The van der Waals surface area contributed by atoms with Gasteiger partial charge in [-0.15, -0.1) is 0 Å². The Bertz CT molecular complexity index is 893. The molecule has 1 aliphatic rings. The van der Waals surface area contributed by atoms with Gasteiger partial charge >= 0.3 is 12.1 Å². The third-order valence-corrected chi connectivity index (χ3v) is 4.66. The summed E-state index contributed by atoms with van der Waals surface area (Å²) in [7, 11) is 0. The first-order valence-electron chi connectivity index (χ1n) is 8.30. The van der Waals surface area contributed by atoms with Crippen LogP contribution in [0.2, 0.25) is 0 Å². The van der Waals surface area contributed by atoms with Crippen molar-refractivity contribution < 1.29 is 19.4 Å². The molecule has 0 spiro atoms. The molecule has 1 aromatic heterocycles. The molecular weight excluding hydrogens is 338 g/mol. The van der Waals surface area contributed by atoms with Gasteiger partial charge in [0.2, 0.25) is 0 Å². The highest BCUT2D eigenvalue weighted by atomic mass is 16.5. The molecule has 136 valence electrons. The van der Waals surface area contributed by atoms with Crippen LogP contribution in [0, 0.1) is 0 Å². The quantitative estimate of drug-likeness (QED) is 0.848. The number of aryl methyl sites for hydroxylation is 1. The number of nitrogens with one attached hydrogen (secondary N) is 1. The molecular formula is C18H19N3O5. The first-order chi connectivity index (χ1) is 12.5. The van der Waals surface area contributed by atoms with E-state index < -0.39 is 23.2 Å². The topological polar surface area (TPSA) is 111 Å². The van der Waals surface area contributed by atoms with Crippen molar-refractivity contribution in [2.75, 3.05) is 5.32 Å². The Morgan fingerprint density at radius 3 is 2.73 bits per heavy atom. The lowest BCUT2D eigenvalue weighted by Crippen LogP contribution is -2.45. The minimum atomic E-state index is -1.33. The molecule has 0 saturated heterocycles. The highest BCUT2D eigenvalue weighted by Gasteiger charge is 2.45. The molecule has 1 aliphatic heterocycles. The van der Waals surface area contributed by atoms with E-state index in [2.05, 4.69) is 10.3 Å². The number of rotatable bonds is 5. The summed E-state index contributed by atoms with van der Waals surface area (Å²) < 4.78 is 6.27. The minimum absolute atomic E-state index is 0.0560. The number of amides is 1. The predicted octanol–water partition coefficient (Wildman–Crippen LogP) is 2.13. The Morgan fingerprint density at radius 1 is 1.35 bits per heavy atom. The molecule has 1 aromatic carbocycles. The Balaban J connectivity index is 1.80. The second-order valence-corrected chi connectivity index (χ2v) is 6.11. The van der Waals surface area contributed by atoms with Gasteiger partial charge < -0.3 is 9.84 Å². The van der Waals surface area contributed by atoms with Gasteiger partial charge in [-0.3, -0.25) is 14.7 Å². The van der Waals surface area contributed by atoms with Crippen molar-refractivity contribution >= 4 is 17.7 Å². The molecule has 1 atom stereocenters. The summed E-state index contributed by atoms with van der Waals surface area (Å²) in [6.07, 6.45) is 1.38. The zero-order valence-electron chi connectivity index (χ0n) is 14.3. The molecule has 0 bridgehead atoms. The molecule has 3 rings (SSSR count). The lowest BCUT2D eigenvalue weighted by atomic mass is 9.93. The monoisotopic (exact) mass is 357 g/mol. The Morgan fingerprint density at radius 2 is 2.08 bits per heavy atom. The normalized spacial score (nSPS) is 18.2. The number of carboxylic acids is 1. The van der Waals surface area contributed by atoms with Crippen LogP contribution in [0.25, 0.3) is 0 Å². The molecule has 8 nitrogen and oxygen atoms in total. The number of fused-ring (bicyclic) bond motifs is 1. The summed E-state index contributed by atoms with van der Waals surface area (Å²) in [6.45, 7) is 1.77. The fourth-order valence-corrected chi connectivity index (χ4v) is 3.18. The molecule has 1 amide bonds. The van der Waals surface area contributed by atoms with Gasteiger partial charge in [-0.25, -0.2) is 14.6 Å². The van der Waals surface area contributed by atoms with Crippen molar-refractivity contribution in [3.8, 4) is 0 Å². The van der Waals surface area contributed by atoms with Crippen LogP contribution < -0.4 is 10.9 Å². The highest BCUT2D eigenvalue weighted by Crippen LogP contribution is 2.33. The number of ether oxygens (including phenoxy) is 1. The Hall–Kier alpha value is -3.16. The predicted molar refractivity (Wildman–Crippen MR) is 93.0 cm³/mol. The summed E-state index contributed by atoms with van der Waals surface area (Å²) in [5.74, 6) is -0.672. The second kappa shape index (κ2) is 6.99. The van der Waals surface area contributed by atoms with Gasteiger partial charge in [0, 0.05) is 6.42 Å². The number of carbonyl (C=O) groups excluding carboxylic acids is 1.